The van der Waals surface area contributed by atoms with E-state index in [1.54, 1.807) is 18.3 Å². The van der Waals surface area contributed by atoms with Crippen molar-refractivity contribution in [3.63, 3.8) is 0 Å². The number of ether oxygens (including phenoxy) is 1. The average Bonchev–Trinajstić information content (AvgIpc) is 2.39. The molecule has 4 nitrogen and oxygen atoms in total. The van der Waals surface area contributed by atoms with Crippen molar-refractivity contribution in [2.75, 3.05) is 6.61 Å². The summed E-state index contributed by atoms with van der Waals surface area (Å²) in [7, 11) is 0. The molecule has 0 saturated carbocycles. The molecule has 98 valence electrons. The molecule has 0 amide bonds. The van der Waals surface area contributed by atoms with Crippen molar-refractivity contribution in [3.05, 3.63) is 48.2 Å². The van der Waals surface area contributed by atoms with E-state index in [1.807, 2.05) is 31.2 Å². The Labute approximate surface area is 111 Å². The first-order valence-corrected chi connectivity index (χ1v) is 6.09. The van der Waals surface area contributed by atoms with Crippen molar-refractivity contribution >= 4 is 5.97 Å². The predicted molar refractivity (Wildman–Crippen MR) is 72.2 cm³/mol. The van der Waals surface area contributed by atoms with E-state index < -0.39 is 5.97 Å². The number of pyridine rings is 1. The largest absolute Gasteiger partial charge is 0.494 e. The van der Waals surface area contributed by atoms with E-state index in [0.29, 0.717) is 6.61 Å². The first-order chi connectivity index (χ1) is 9.19. The minimum atomic E-state index is -0.844. The summed E-state index contributed by atoms with van der Waals surface area (Å²) < 4.78 is 5.37. The van der Waals surface area contributed by atoms with Crippen molar-refractivity contribution in [1.82, 2.24) is 4.98 Å². The highest BCUT2D eigenvalue weighted by Crippen LogP contribution is 2.21. The van der Waals surface area contributed by atoms with Crippen LogP contribution in [0.2, 0.25) is 0 Å². The molecule has 1 heterocycles. The van der Waals surface area contributed by atoms with E-state index in [2.05, 4.69) is 4.98 Å². The third kappa shape index (κ3) is 3.55. The van der Waals surface area contributed by atoms with Gasteiger partial charge in [-0.2, -0.15) is 0 Å². The Morgan fingerprint density at radius 2 is 2.00 bits per heavy atom. The molecule has 0 radical (unpaired) electrons. The lowest BCUT2D eigenvalue weighted by Crippen LogP contribution is -2.00. The Hall–Kier alpha value is -2.36. The number of aromatic nitrogens is 1. The fourth-order valence-corrected chi connectivity index (χ4v) is 1.81. The van der Waals surface area contributed by atoms with E-state index in [4.69, 9.17) is 9.84 Å². The molecule has 0 aliphatic heterocycles. The van der Waals surface area contributed by atoms with Crippen molar-refractivity contribution in [2.24, 2.45) is 0 Å². The minimum absolute atomic E-state index is 0.00650. The minimum Gasteiger partial charge on any atom is -0.494 e. The van der Waals surface area contributed by atoms with Gasteiger partial charge in [0.1, 0.15) is 5.75 Å². The van der Waals surface area contributed by atoms with E-state index in [1.165, 1.54) is 0 Å². The molecule has 1 aromatic carbocycles. The average molecular weight is 257 g/mol. The molecular weight excluding hydrogens is 242 g/mol. The SMILES string of the molecule is CCOc1ccc(-c2cc(CC(=O)O)ccn2)cc1. The molecule has 0 aliphatic rings. The Morgan fingerprint density at radius 3 is 2.63 bits per heavy atom. The molecule has 0 unspecified atom stereocenters. The molecule has 0 aliphatic carbocycles. The van der Waals surface area contributed by atoms with Gasteiger partial charge in [-0.3, -0.25) is 9.78 Å². The van der Waals surface area contributed by atoms with Gasteiger partial charge in [0, 0.05) is 11.8 Å². The van der Waals surface area contributed by atoms with Crippen LogP contribution in [0.1, 0.15) is 12.5 Å². The lowest BCUT2D eigenvalue weighted by molar-refractivity contribution is -0.136. The van der Waals surface area contributed by atoms with Crippen molar-refractivity contribution in [1.29, 1.82) is 0 Å². The van der Waals surface area contributed by atoms with Gasteiger partial charge in [-0.05, 0) is 48.9 Å². The monoisotopic (exact) mass is 257 g/mol. The fourth-order valence-electron chi connectivity index (χ4n) is 1.81. The summed E-state index contributed by atoms with van der Waals surface area (Å²) in [5.74, 6) is -0.0308. The molecule has 0 fully saturated rings. The lowest BCUT2D eigenvalue weighted by atomic mass is 10.1. The van der Waals surface area contributed by atoms with E-state index in [0.717, 1.165) is 22.6 Å². The predicted octanol–water partition coefficient (Wildman–Crippen LogP) is 2.77. The number of aliphatic carboxylic acids is 1. The third-order valence-corrected chi connectivity index (χ3v) is 2.64. The summed E-state index contributed by atoms with van der Waals surface area (Å²) in [6.07, 6.45) is 1.64. The zero-order valence-electron chi connectivity index (χ0n) is 10.7. The van der Waals surface area contributed by atoms with Crippen LogP contribution < -0.4 is 4.74 Å². The zero-order chi connectivity index (χ0) is 13.7. The van der Waals surface area contributed by atoms with Crippen LogP contribution in [-0.4, -0.2) is 22.7 Å². The molecule has 0 saturated heterocycles. The Kier molecular flexibility index (Phi) is 4.13. The highest BCUT2D eigenvalue weighted by Gasteiger charge is 2.04. The summed E-state index contributed by atoms with van der Waals surface area (Å²) in [6, 6.07) is 11.1. The van der Waals surface area contributed by atoms with Crippen LogP contribution in [0.4, 0.5) is 0 Å². The topological polar surface area (TPSA) is 59.4 Å². The zero-order valence-corrected chi connectivity index (χ0v) is 10.7. The molecule has 0 bridgehead atoms. The second-order valence-corrected chi connectivity index (χ2v) is 4.08. The fraction of sp³-hybridized carbons (Fsp3) is 0.200. The number of nitrogens with zero attached hydrogens (tertiary/aromatic N) is 1. The molecule has 0 atom stereocenters. The maximum Gasteiger partial charge on any atom is 0.307 e. The maximum atomic E-state index is 10.7. The number of carboxylic acid groups (broad SMARTS) is 1. The molecule has 19 heavy (non-hydrogen) atoms. The van der Waals surface area contributed by atoms with Gasteiger partial charge in [0.05, 0.1) is 18.7 Å². The first-order valence-electron chi connectivity index (χ1n) is 6.09. The van der Waals surface area contributed by atoms with Crippen molar-refractivity contribution < 1.29 is 14.6 Å². The lowest BCUT2D eigenvalue weighted by Gasteiger charge is -2.05. The standard InChI is InChI=1S/C15H15NO3/c1-2-19-13-5-3-12(4-6-13)14-9-11(7-8-16-14)10-15(17)18/h3-9H,2,10H2,1H3,(H,17,18). The number of hydrogen-bond acceptors (Lipinski definition) is 3. The van der Waals surface area contributed by atoms with Gasteiger partial charge in [0.25, 0.3) is 0 Å². The number of benzene rings is 1. The van der Waals surface area contributed by atoms with Crippen LogP contribution >= 0.6 is 0 Å². The Bertz CT molecular complexity index is 564. The molecule has 2 aromatic rings. The number of rotatable bonds is 5. The summed E-state index contributed by atoms with van der Waals surface area (Å²) >= 11 is 0. The summed E-state index contributed by atoms with van der Waals surface area (Å²) in [5, 5.41) is 8.79. The second kappa shape index (κ2) is 6.00. The van der Waals surface area contributed by atoms with Gasteiger partial charge < -0.3 is 9.84 Å². The summed E-state index contributed by atoms with van der Waals surface area (Å²) in [4.78, 5) is 15.0. The highest BCUT2D eigenvalue weighted by atomic mass is 16.5. The van der Waals surface area contributed by atoms with Crippen molar-refractivity contribution in [3.8, 4) is 17.0 Å². The van der Waals surface area contributed by atoms with Crippen LogP contribution in [0.5, 0.6) is 5.75 Å². The van der Waals surface area contributed by atoms with Crippen LogP contribution in [0.15, 0.2) is 42.6 Å². The third-order valence-electron chi connectivity index (χ3n) is 2.64. The first kappa shape index (κ1) is 13.1. The van der Waals surface area contributed by atoms with Crippen LogP contribution in [-0.2, 0) is 11.2 Å². The number of hydrogen-bond donors (Lipinski definition) is 1. The second-order valence-electron chi connectivity index (χ2n) is 4.08. The maximum absolute atomic E-state index is 10.7. The van der Waals surface area contributed by atoms with E-state index >= 15 is 0 Å². The van der Waals surface area contributed by atoms with E-state index in [-0.39, 0.29) is 6.42 Å². The molecule has 1 N–H and O–H groups in total. The molecule has 0 spiro atoms. The summed E-state index contributed by atoms with van der Waals surface area (Å²) in [5.41, 5.74) is 2.45. The molecule has 4 heteroatoms. The Morgan fingerprint density at radius 1 is 1.26 bits per heavy atom. The summed E-state index contributed by atoms with van der Waals surface area (Å²) in [6.45, 7) is 2.57. The van der Waals surface area contributed by atoms with Gasteiger partial charge in [0.15, 0.2) is 0 Å². The van der Waals surface area contributed by atoms with Crippen LogP contribution in [0, 0.1) is 0 Å². The number of carboxylic acids is 1. The van der Waals surface area contributed by atoms with Gasteiger partial charge in [-0.1, -0.05) is 0 Å². The van der Waals surface area contributed by atoms with Gasteiger partial charge in [0.2, 0.25) is 0 Å². The number of carbonyl (C=O) groups is 1. The van der Waals surface area contributed by atoms with Gasteiger partial charge in [-0.15, -0.1) is 0 Å². The van der Waals surface area contributed by atoms with Crippen LogP contribution in [0.3, 0.4) is 0 Å². The quantitative estimate of drug-likeness (QED) is 0.894. The van der Waals surface area contributed by atoms with Crippen LogP contribution in [0.25, 0.3) is 11.3 Å². The highest BCUT2D eigenvalue weighted by molar-refractivity contribution is 5.71. The van der Waals surface area contributed by atoms with Gasteiger partial charge in [-0.25, -0.2) is 0 Å². The molecular formula is C15H15NO3. The van der Waals surface area contributed by atoms with E-state index in [9.17, 15) is 4.79 Å². The Balaban J connectivity index is 2.23. The van der Waals surface area contributed by atoms with Gasteiger partial charge >= 0.3 is 5.97 Å². The molecule has 1 aromatic heterocycles. The van der Waals surface area contributed by atoms with Crippen molar-refractivity contribution in [2.45, 2.75) is 13.3 Å². The molecule has 2 rings (SSSR count). The smallest absolute Gasteiger partial charge is 0.307 e. The normalized spacial score (nSPS) is 10.2.